The van der Waals surface area contributed by atoms with Crippen molar-refractivity contribution in [3.63, 3.8) is 0 Å². The fraction of sp³-hybridized carbons (Fsp3) is 0.0893. The summed E-state index contributed by atoms with van der Waals surface area (Å²) in [5.74, 6) is 1.97. The first-order chi connectivity index (χ1) is 28.5. The lowest BCUT2D eigenvalue weighted by Crippen LogP contribution is -2.14. The van der Waals surface area contributed by atoms with Gasteiger partial charge in [0.15, 0.2) is 17.5 Å². The third-order valence-corrected chi connectivity index (χ3v) is 12.2. The molecule has 9 aromatic rings. The molecule has 0 atom stereocenters. The minimum atomic E-state index is -0.0488. The van der Waals surface area contributed by atoms with Gasteiger partial charge in [0.25, 0.3) is 0 Å². The van der Waals surface area contributed by atoms with Crippen molar-refractivity contribution in [2.24, 2.45) is 0 Å². The molecule has 0 radical (unpaired) electrons. The van der Waals surface area contributed by atoms with E-state index >= 15 is 0 Å². The van der Waals surface area contributed by atoms with E-state index in [2.05, 4.69) is 166 Å². The van der Waals surface area contributed by atoms with Crippen molar-refractivity contribution in [2.45, 2.75) is 33.1 Å². The molecular formula is C56H43N3. The SMILES string of the molecule is C.CC1(C)c2ccccc2-c2ccc(-c3ccc4c(c3)-c3cc(-c5ccccc5)cc(-c5cccc(-c6nc(-c7ccccc7)nc(-c7ccccc7)n6)c5)c3C4)cc21. The van der Waals surface area contributed by atoms with Crippen LogP contribution in [0.1, 0.15) is 43.5 Å². The highest BCUT2D eigenvalue weighted by molar-refractivity contribution is 5.92. The number of hydrogen-bond donors (Lipinski definition) is 0. The Morgan fingerprint density at radius 3 is 1.54 bits per heavy atom. The van der Waals surface area contributed by atoms with E-state index in [-0.39, 0.29) is 12.8 Å². The Balaban J connectivity index is 0.00000420. The normalized spacial score (nSPS) is 12.8. The summed E-state index contributed by atoms with van der Waals surface area (Å²) in [5, 5.41) is 0. The molecule has 0 saturated heterocycles. The van der Waals surface area contributed by atoms with Gasteiger partial charge in [-0.2, -0.15) is 0 Å². The fourth-order valence-corrected chi connectivity index (χ4v) is 9.16. The minimum absolute atomic E-state index is 0. The Bertz CT molecular complexity index is 2980. The van der Waals surface area contributed by atoms with Gasteiger partial charge in [-0.1, -0.05) is 179 Å². The summed E-state index contributed by atoms with van der Waals surface area (Å²) in [6.07, 6.45) is 0.869. The second kappa shape index (κ2) is 14.3. The quantitative estimate of drug-likeness (QED) is 0.170. The fourth-order valence-electron chi connectivity index (χ4n) is 9.16. The first kappa shape index (κ1) is 36.1. The van der Waals surface area contributed by atoms with Crippen LogP contribution in [0.2, 0.25) is 0 Å². The third-order valence-electron chi connectivity index (χ3n) is 12.2. The van der Waals surface area contributed by atoms with Crippen molar-refractivity contribution < 1.29 is 0 Å². The van der Waals surface area contributed by atoms with Gasteiger partial charge in [0.05, 0.1) is 0 Å². The number of nitrogens with zero attached hydrogens (tertiary/aromatic N) is 3. The highest BCUT2D eigenvalue weighted by atomic mass is 15.0. The predicted molar refractivity (Wildman–Crippen MR) is 245 cm³/mol. The molecule has 2 aliphatic rings. The van der Waals surface area contributed by atoms with Crippen molar-refractivity contribution in [2.75, 3.05) is 0 Å². The van der Waals surface area contributed by atoms with E-state index in [9.17, 15) is 0 Å². The van der Waals surface area contributed by atoms with E-state index in [1.54, 1.807) is 0 Å². The summed E-state index contributed by atoms with van der Waals surface area (Å²) in [4.78, 5) is 15.1. The van der Waals surface area contributed by atoms with E-state index in [1.165, 1.54) is 72.3 Å². The van der Waals surface area contributed by atoms with Crippen molar-refractivity contribution in [3.8, 4) is 89.8 Å². The molecule has 3 heteroatoms. The number of rotatable bonds is 6. The van der Waals surface area contributed by atoms with Gasteiger partial charge in [-0.15, -0.1) is 0 Å². The van der Waals surface area contributed by atoms with Crippen molar-refractivity contribution in [1.29, 1.82) is 0 Å². The number of benzene rings is 8. The first-order valence-corrected chi connectivity index (χ1v) is 20.1. The van der Waals surface area contributed by atoms with Crippen molar-refractivity contribution in [3.05, 3.63) is 210 Å². The van der Waals surface area contributed by atoms with Gasteiger partial charge in [0, 0.05) is 22.1 Å². The number of hydrogen-bond acceptors (Lipinski definition) is 3. The second-order valence-electron chi connectivity index (χ2n) is 16.0. The molecule has 0 bridgehead atoms. The molecule has 8 aromatic carbocycles. The van der Waals surface area contributed by atoms with Crippen molar-refractivity contribution >= 4 is 0 Å². The Labute approximate surface area is 346 Å². The van der Waals surface area contributed by atoms with Crippen molar-refractivity contribution in [1.82, 2.24) is 15.0 Å². The molecule has 0 spiro atoms. The zero-order valence-corrected chi connectivity index (χ0v) is 32.4. The molecule has 0 N–H and O–H groups in total. The van der Waals surface area contributed by atoms with Crippen LogP contribution in [0.4, 0.5) is 0 Å². The van der Waals surface area contributed by atoms with Gasteiger partial charge >= 0.3 is 0 Å². The Morgan fingerprint density at radius 1 is 0.339 bits per heavy atom. The van der Waals surface area contributed by atoms with Crippen LogP contribution in [0.5, 0.6) is 0 Å². The van der Waals surface area contributed by atoms with Crippen LogP contribution in [-0.4, -0.2) is 15.0 Å². The second-order valence-corrected chi connectivity index (χ2v) is 16.0. The van der Waals surface area contributed by atoms with E-state index in [0.29, 0.717) is 17.5 Å². The van der Waals surface area contributed by atoms with E-state index in [4.69, 9.17) is 15.0 Å². The molecule has 0 unspecified atom stereocenters. The summed E-state index contributed by atoms with van der Waals surface area (Å²) < 4.78 is 0. The maximum atomic E-state index is 5.06. The topological polar surface area (TPSA) is 38.7 Å². The molecule has 11 rings (SSSR count). The highest BCUT2D eigenvalue weighted by Gasteiger charge is 2.35. The predicted octanol–water partition coefficient (Wildman–Crippen LogP) is 14.4. The monoisotopic (exact) mass is 757 g/mol. The largest absolute Gasteiger partial charge is 0.208 e. The van der Waals surface area contributed by atoms with Crippen LogP contribution in [-0.2, 0) is 11.8 Å². The Morgan fingerprint density at radius 2 is 0.847 bits per heavy atom. The van der Waals surface area contributed by atoms with Crippen LogP contribution in [0.15, 0.2) is 188 Å². The highest BCUT2D eigenvalue weighted by Crippen LogP contribution is 2.50. The van der Waals surface area contributed by atoms with Crippen LogP contribution in [0, 0.1) is 0 Å². The lowest BCUT2D eigenvalue weighted by atomic mass is 9.81. The molecular weight excluding hydrogens is 715 g/mol. The lowest BCUT2D eigenvalue weighted by Gasteiger charge is -2.22. The van der Waals surface area contributed by atoms with E-state index in [0.717, 1.165) is 28.7 Å². The van der Waals surface area contributed by atoms with Gasteiger partial charge in [-0.05, 0) is 115 Å². The zero-order valence-electron chi connectivity index (χ0n) is 32.4. The van der Waals surface area contributed by atoms with Crippen LogP contribution < -0.4 is 0 Å². The van der Waals surface area contributed by atoms with Gasteiger partial charge in [0.2, 0.25) is 0 Å². The van der Waals surface area contributed by atoms with Gasteiger partial charge in [-0.25, -0.2) is 15.0 Å². The first-order valence-electron chi connectivity index (χ1n) is 20.1. The standard InChI is InChI=1S/C55H39N3.CH4/c1-55(2)50-24-13-12-23-44(50)45-28-27-39(34-51(45)55)38-25-26-41-31-48-47(32-43(33-49(48)46(41)30-38)35-15-6-3-7-16-35)40-21-14-22-42(29-40)54-57-52(36-17-8-4-9-18-36)56-53(58-54)37-19-10-5-11-20-37;/h3-30,32-34H,31H2,1-2H3;1H4. The van der Waals surface area contributed by atoms with Gasteiger partial charge in [-0.3, -0.25) is 0 Å². The molecule has 0 fully saturated rings. The average molecular weight is 758 g/mol. The lowest BCUT2D eigenvalue weighted by molar-refractivity contribution is 0.660. The molecule has 3 nitrogen and oxygen atoms in total. The minimum Gasteiger partial charge on any atom is -0.208 e. The molecule has 1 aromatic heterocycles. The van der Waals surface area contributed by atoms with Crippen LogP contribution in [0.3, 0.4) is 0 Å². The maximum Gasteiger partial charge on any atom is 0.164 e. The number of aromatic nitrogens is 3. The Hall–Kier alpha value is -7.23. The smallest absolute Gasteiger partial charge is 0.164 e. The van der Waals surface area contributed by atoms with E-state index in [1.807, 2.05) is 36.4 Å². The average Bonchev–Trinajstić information content (AvgIpc) is 3.77. The van der Waals surface area contributed by atoms with Gasteiger partial charge < -0.3 is 0 Å². The molecule has 282 valence electrons. The molecule has 0 aliphatic heterocycles. The van der Waals surface area contributed by atoms with E-state index < -0.39 is 0 Å². The molecule has 59 heavy (non-hydrogen) atoms. The third kappa shape index (κ3) is 6.18. The zero-order chi connectivity index (χ0) is 38.8. The summed E-state index contributed by atoms with van der Waals surface area (Å²) in [6, 6.07) is 67.6. The summed E-state index contributed by atoms with van der Waals surface area (Å²) in [5.41, 5.74) is 20.9. The molecule has 0 saturated carbocycles. The molecule has 1 heterocycles. The molecule has 0 amide bonds. The summed E-state index contributed by atoms with van der Waals surface area (Å²) in [6.45, 7) is 4.71. The number of fused-ring (bicyclic) bond motifs is 6. The molecule has 2 aliphatic carbocycles. The van der Waals surface area contributed by atoms with Gasteiger partial charge in [0.1, 0.15) is 0 Å². The maximum absolute atomic E-state index is 5.06. The Kier molecular flexibility index (Phi) is 8.76. The summed E-state index contributed by atoms with van der Waals surface area (Å²) in [7, 11) is 0. The van der Waals surface area contributed by atoms with Crippen LogP contribution in [0.25, 0.3) is 89.8 Å². The van der Waals surface area contributed by atoms with Crippen LogP contribution >= 0.6 is 0 Å². The summed E-state index contributed by atoms with van der Waals surface area (Å²) >= 11 is 0.